The van der Waals surface area contributed by atoms with E-state index in [1.54, 1.807) is 24.1 Å². The Morgan fingerprint density at radius 3 is 2.69 bits per heavy atom. The molecule has 0 bridgehead atoms. The number of pyridine rings is 1. The van der Waals surface area contributed by atoms with E-state index in [1.807, 2.05) is 19.1 Å². The van der Waals surface area contributed by atoms with Gasteiger partial charge in [0.2, 0.25) is 0 Å². The van der Waals surface area contributed by atoms with Gasteiger partial charge in [-0.3, -0.25) is 9.78 Å². The van der Waals surface area contributed by atoms with Crippen LogP contribution in [-0.4, -0.2) is 25.5 Å². The summed E-state index contributed by atoms with van der Waals surface area (Å²) in [5.41, 5.74) is 1.61. The molecular formula is C11H12N4O. The number of Topliss-reactive ketones (excluding diaryl/α,β-unsaturated/α-hetero) is 1. The molecule has 0 atom stereocenters. The highest BCUT2D eigenvalue weighted by molar-refractivity contribution is 5.77. The average Bonchev–Trinajstić information content (AvgIpc) is 2.65. The lowest BCUT2D eigenvalue weighted by atomic mass is 10.2. The topological polar surface area (TPSA) is 60.7 Å². The third kappa shape index (κ3) is 2.31. The first kappa shape index (κ1) is 10.5. The van der Waals surface area contributed by atoms with Gasteiger partial charge in [-0.1, -0.05) is 0 Å². The van der Waals surface area contributed by atoms with E-state index >= 15 is 0 Å². The molecule has 0 aliphatic carbocycles. The van der Waals surface area contributed by atoms with Crippen LogP contribution in [0.25, 0.3) is 5.69 Å². The molecule has 0 unspecified atom stereocenters. The van der Waals surface area contributed by atoms with E-state index in [9.17, 15) is 4.79 Å². The SMILES string of the molecule is CC(=O)Cc1ccc(-n2cnc(C)n2)cn1. The largest absolute Gasteiger partial charge is 0.300 e. The molecule has 0 aromatic carbocycles. The van der Waals surface area contributed by atoms with Crippen LogP contribution in [0.4, 0.5) is 0 Å². The third-order valence-corrected chi connectivity index (χ3v) is 2.11. The molecule has 5 heteroatoms. The minimum absolute atomic E-state index is 0.108. The van der Waals surface area contributed by atoms with E-state index in [0.717, 1.165) is 11.4 Å². The lowest BCUT2D eigenvalue weighted by molar-refractivity contribution is -0.116. The second-order valence-corrected chi connectivity index (χ2v) is 3.62. The molecule has 0 saturated carbocycles. The van der Waals surface area contributed by atoms with Crippen LogP contribution in [0.2, 0.25) is 0 Å². The molecule has 0 spiro atoms. The van der Waals surface area contributed by atoms with E-state index in [0.29, 0.717) is 12.2 Å². The molecule has 5 nitrogen and oxygen atoms in total. The molecule has 0 amide bonds. The maximum Gasteiger partial charge on any atom is 0.147 e. The van der Waals surface area contributed by atoms with E-state index in [2.05, 4.69) is 15.1 Å². The summed E-state index contributed by atoms with van der Waals surface area (Å²) >= 11 is 0. The minimum atomic E-state index is 0.108. The van der Waals surface area contributed by atoms with Gasteiger partial charge in [-0.25, -0.2) is 9.67 Å². The zero-order valence-electron chi connectivity index (χ0n) is 9.21. The fourth-order valence-corrected chi connectivity index (χ4v) is 1.38. The molecular weight excluding hydrogens is 204 g/mol. The highest BCUT2D eigenvalue weighted by atomic mass is 16.1. The molecule has 0 fully saturated rings. The number of nitrogens with zero attached hydrogens (tertiary/aromatic N) is 4. The van der Waals surface area contributed by atoms with Gasteiger partial charge in [0.1, 0.15) is 17.9 Å². The molecule has 82 valence electrons. The van der Waals surface area contributed by atoms with Crippen molar-refractivity contribution >= 4 is 5.78 Å². The number of aryl methyl sites for hydroxylation is 1. The molecule has 2 heterocycles. The van der Waals surface area contributed by atoms with Gasteiger partial charge in [-0.15, -0.1) is 0 Å². The molecule has 0 aliphatic rings. The maximum atomic E-state index is 10.9. The molecule has 2 aromatic rings. The van der Waals surface area contributed by atoms with Gasteiger partial charge in [0.25, 0.3) is 0 Å². The molecule has 2 aromatic heterocycles. The second kappa shape index (κ2) is 4.22. The van der Waals surface area contributed by atoms with Gasteiger partial charge in [-0.2, -0.15) is 5.10 Å². The number of ketones is 1. The van der Waals surface area contributed by atoms with Crippen molar-refractivity contribution in [1.29, 1.82) is 0 Å². The van der Waals surface area contributed by atoms with E-state index in [4.69, 9.17) is 0 Å². The first-order chi connectivity index (χ1) is 7.65. The Bertz CT molecular complexity index is 501. The lowest BCUT2D eigenvalue weighted by Gasteiger charge is -2.01. The molecule has 0 radical (unpaired) electrons. The molecule has 0 aliphatic heterocycles. The predicted molar refractivity (Wildman–Crippen MR) is 58.3 cm³/mol. The smallest absolute Gasteiger partial charge is 0.147 e. The van der Waals surface area contributed by atoms with Crippen LogP contribution in [-0.2, 0) is 11.2 Å². The van der Waals surface area contributed by atoms with Crippen molar-refractivity contribution in [2.75, 3.05) is 0 Å². The number of carbonyl (C=O) groups excluding carboxylic acids is 1. The number of rotatable bonds is 3. The van der Waals surface area contributed by atoms with Crippen molar-refractivity contribution in [1.82, 2.24) is 19.7 Å². The summed E-state index contributed by atoms with van der Waals surface area (Å²) < 4.78 is 1.65. The van der Waals surface area contributed by atoms with Crippen molar-refractivity contribution in [3.63, 3.8) is 0 Å². The summed E-state index contributed by atoms with van der Waals surface area (Å²) in [5.74, 6) is 0.824. The highest BCUT2D eigenvalue weighted by Crippen LogP contribution is 2.06. The Labute approximate surface area is 93.2 Å². The van der Waals surface area contributed by atoms with Gasteiger partial charge in [0.05, 0.1) is 11.9 Å². The Hall–Kier alpha value is -2.04. The fourth-order valence-electron chi connectivity index (χ4n) is 1.38. The van der Waals surface area contributed by atoms with Crippen LogP contribution < -0.4 is 0 Å². The first-order valence-electron chi connectivity index (χ1n) is 4.98. The first-order valence-corrected chi connectivity index (χ1v) is 4.98. The quantitative estimate of drug-likeness (QED) is 0.770. The van der Waals surface area contributed by atoms with Crippen LogP contribution >= 0.6 is 0 Å². The fraction of sp³-hybridized carbons (Fsp3) is 0.273. The third-order valence-electron chi connectivity index (χ3n) is 2.11. The van der Waals surface area contributed by atoms with Gasteiger partial charge in [0.15, 0.2) is 0 Å². The van der Waals surface area contributed by atoms with Gasteiger partial charge >= 0.3 is 0 Å². The Kier molecular flexibility index (Phi) is 2.76. The lowest BCUT2D eigenvalue weighted by Crippen LogP contribution is -2.01. The predicted octanol–water partition coefficient (Wildman–Crippen LogP) is 1.10. The van der Waals surface area contributed by atoms with Crippen molar-refractivity contribution in [3.05, 3.63) is 36.2 Å². The zero-order chi connectivity index (χ0) is 11.5. The Morgan fingerprint density at radius 2 is 2.19 bits per heavy atom. The summed E-state index contributed by atoms with van der Waals surface area (Å²) in [5, 5.41) is 4.17. The van der Waals surface area contributed by atoms with Crippen LogP contribution in [0.15, 0.2) is 24.7 Å². The van der Waals surface area contributed by atoms with E-state index in [1.165, 1.54) is 0 Å². The summed E-state index contributed by atoms with van der Waals surface area (Å²) in [6, 6.07) is 3.70. The van der Waals surface area contributed by atoms with Gasteiger partial charge < -0.3 is 0 Å². The number of carbonyl (C=O) groups is 1. The Balaban J connectivity index is 2.22. The average molecular weight is 216 g/mol. The van der Waals surface area contributed by atoms with Crippen molar-refractivity contribution in [2.45, 2.75) is 20.3 Å². The Morgan fingerprint density at radius 1 is 1.38 bits per heavy atom. The van der Waals surface area contributed by atoms with Crippen molar-refractivity contribution in [3.8, 4) is 5.69 Å². The second-order valence-electron chi connectivity index (χ2n) is 3.62. The summed E-state index contributed by atoms with van der Waals surface area (Å²) in [6.07, 6.45) is 3.69. The van der Waals surface area contributed by atoms with Gasteiger partial charge in [0, 0.05) is 12.1 Å². The monoisotopic (exact) mass is 216 g/mol. The van der Waals surface area contributed by atoms with Crippen LogP contribution in [0.1, 0.15) is 18.4 Å². The highest BCUT2D eigenvalue weighted by Gasteiger charge is 2.02. The van der Waals surface area contributed by atoms with E-state index in [-0.39, 0.29) is 5.78 Å². The van der Waals surface area contributed by atoms with Gasteiger partial charge in [-0.05, 0) is 26.0 Å². The normalized spacial score (nSPS) is 10.4. The summed E-state index contributed by atoms with van der Waals surface area (Å²) in [6.45, 7) is 3.38. The molecule has 0 N–H and O–H groups in total. The van der Waals surface area contributed by atoms with Crippen LogP contribution in [0.5, 0.6) is 0 Å². The summed E-state index contributed by atoms with van der Waals surface area (Å²) in [4.78, 5) is 19.1. The molecule has 0 saturated heterocycles. The molecule has 2 rings (SSSR count). The number of aromatic nitrogens is 4. The standard InChI is InChI=1S/C11H12N4O/c1-8(16)5-10-3-4-11(6-12-10)15-7-13-9(2)14-15/h3-4,6-7H,5H2,1-2H3. The van der Waals surface area contributed by atoms with Crippen molar-refractivity contribution < 1.29 is 4.79 Å². The zero-order valence-corrected chi connectivity index (χ0v) is 9.21. The number of hydrogen-bond acceptors (Lipinski definition) is 4. The van der Waals surface area contributed by atoms with Crippen LogP contribution in [0.3, 0.4) is 0 Å². The summed E-state index contributed by atoms with van der Waals surface area (Å²) in [7, 11) is 0. The van der Waals surface area contributed by atoms with E-state index < -0.39 is 0 Å². The number of hydrogen-bond donors (Lipinski definition) is 0. The minimum Gasteiger partial charge on any atom is -0.300 e. The van der Waals surface area contributed by atoms with Crippen molar-refractivity contribution in [2.24, 2.45) is 0 Å². The molecule has 16 heavy (non-hydrogen) atoms. The maximum absolute atomic E-state index is 10.9. The van der Waals surface area contributed by atoms with Crippen LogP contribution in [0, 0.1) is 6.92 Å².